The highest BCUT2D eigenvalue weighted by Gasteiger charge is 2.19. The van der Waals surface area contributed by atoms with Gasteiger partial charge in [-0.3, -0.25) is 14.4 Å². The van der Waals surface area contributed by atoms with Gasteiger partial charge in [0.05, 0.1) is 18.0 Å². The number of rotatable bonds is 11. The minimum atomic E-state index is -0.480. The molecule has 242 valence electrons. The van der Waals surface area contributed by atoms with Gasteiger partial charge in [0.1, 0.15) is 11.4 Å². The van der Waals surface area contributed by atoms with E-state index in [2.05, 4.69) is 16.0 Å². The summed E-state index contributed by atoms with van der Waals surface area (Å²) >= 11 is 7.57. The lowest BCUT2D eigenvalue weighted by Gasteiger charge is -2.16. The number of hydrogen-bond acceptors (Lipinski definition) is 5. The summed E-state index contributed by atoms with van der Waals surface area (Å²) in [5.41, 5.74) is 5.29. The molecule has 0 fully saturated rings. The van der Waals surface area contributed by atoms with Crippen molar-refractivity contribution in [1.82, 2.24) is 5.32 Å². The van der Waals surface area contributed by atoms with Crippen LogP contribution >= 0.6 is 23.4 Å². The number of aryl methyl sites for hydroxylation is 1. The SMILES string of the molecule is COc1cc(Cl)c(C)cc1NC(=O)C(C)Sc1ccc(NC(=O)/C(=C/c2ccc(-c3ccccc3)cc2)NC(=O)c2ccccc2)cc1. The summed E-state index contributed by atoms with van der Waals surface area (Å²) in [4.78, 5) is 40.4. The van der Waals surface area contributed by atoms with Crippen molar-refractivity contribution in [3.05, 3.63) is 149 Å². The predicted molar refractivity (Wildman–Crippen MR) is 196 cm³/mol. The number of halogens is 1. The zero-order valence-electron chi connectivity index (χ0n) is 26.6. The topological polar surface area (TPSA) is 96.5 Å². The highest BCUT2D eigenvalue weighted by Crippen LogP contribution is 2.32. The summed E-state index contributed by atoms with van der Waals surface area (Å²) in [7, 11) is 1.52. The van der Waals surface area contributed by atoms with E-state index in [4.69, 9.17) is 16.3 Å². The van der Waals surface area contributed by atoms with E-state index in [1.807, 2.05) is 86.6 Å². The lowest BCUT2D eigenvalue weighted by molar-refractivity contribution is -0.115. The fourth-order valence-corrected chi connectivity index (χ4v) is 5.77. The summed E-state index contributed by atoms with van der Waals surface area (Å²) in [6, 6.07) is 37.1. The number of carbonyl (C=O) groups is 3. The molecule has 0 aliphatic carbocycles. The van der Waals surface area contributed by atoms with Crippen molar-refractivity contribution in [1.29, 1.82) is 0 Å². The number of benzene rings is 5. The maximum atomic E-state index is 13.5. The Morgan fingerprint density at radius 2 is 1.42 bits per heavy atom. The van der Waals surface area contributed by atoms with E-state index in [-0.39, 0.29) is 11.6 Å². The Hall–Kier alpha value is -5.31. The standard InChI is InChI=1S/C39H34ClN3O4S/c1-25-22-34(36(47-3)24-33(25)40)42-37(44)26(2)48-32-20-18-31(19-21-32)41-39(46)35(43-38(45)30-12-8-5-9-13-30)23-27-14-16-29(17-15-27)28-10-6-4-7-11-28/h4-24,26H,1-3H3,(H,41,46)(H,42,44)(H,43,45)/b35-23-. The smallest absolute Gasteiger partial charge is 0.272 e. The molecule has 0 saturated heterocycles. The number of carbonyl (C=O) groups excluding carboxylic acids is 3. The Kier molecular flexibility index (Phi) is 11.3. The number of ether oxygens (including phenoxy) is 1. The summed E-state index contributed by atoms with van der Waals surface area (Å²) in [6.07, 6.45) is 1.65. The van der Waals surface area contributed by atoms with E-state index in [0.29, 0.717) is 27.7 Å². The first kappa shape index (κ1) is 34.0. The fraction of sp³-hybridized carbons (Fsp3) is 0.103. The third kappa shape index (κ3) is 8.94. The molecular weight excluding hydrogens is 642 g/mol. The van der Waals surface area contributed by atoms with Crippen molar-refractivity contribution < 1.29 is 19.1 Å². The van der Waals surface area contributed by atoms with Gasteiger partial charge in [-0.15, -0.1) is 11.8 Å². The van der Waals surface area contributed by atoms with Gasteiger partial charge in [0, 0.05) is 27.2 Å². The summed E-state index contributed by atoms with van der Waals surface area (Å²) in [5.74, 6) is -0.595. The zero-order chi connectivity index (χ0) is 34.0. The van der Waals surface area contributed by atoms with Crippen LogP contribution in [0.5, 0.6) is 5.75 Å². The van der Waals surface area contributed by atoms with Gasteiger partial charge >= 0.3 is 0 Å². The largest absolute Gasteiger partial charge is 0.495 e. The molecule has 5 aromatic rings. The molecule has 0 radical (unpaired) electrons. The van der Waals surface area contributed by atoms with Crippen LogP contribution in [0.15, 0.2) is 132 Å². The Morgan fingerprint density at radius 3 is 2.06 bits per heavy atom. The van der Waals surface area contributed by atoms with Crippen LogP contribution in [0, 0.1) is 6.92 Å². The van der Waals surface area contributed by atoms with Crippen molar-refractivity contribution in [2.24, 2.45) is 0 Å². The van der Waals surface area contributed by atoms with E-state index < -0.39 is 17.1 Å². The minimum Gasteiger partial charge on any atom is -0.495 e. The average Bonchev–Trinajstić information content (AvgIpc) is 3.11. The highest BCUT2D eigenvalue weighted by molar-refractivity contribution is 8.00. The molecule has 0 aromatic heterocycles. The number of nitrogens with one attached hydrogen (secondary N) is 3. The summed E-state index contributed by atoms with van der Waals surface area (Å²) < 4.78 is 5.37. The van der Waals surface area contributed by atoms with E-state index in [9.17, 15) is 14.4 Å². The molecule has 0 aliphatic rings. The second-order valence-corrected chi connectivity index (χ2v) is 12.7. The number of anilines is 2. The first-order valence-electron chi connectivity index (χ1n) is 15.2. The fourth-order valence-electron chi connectivity index (χ4n) is 4.75. The quantitative estimate of drug-likeness (QED) is 0.0960. The molecule has 7 nitrogen and oxygen atoms in total. The van der Waals surface area contributed by atoms with Gasteiger partial charge in [-0.2, -0.15) is 0 Å². The third-order valence-corrected chi connectivity index (χ3v) is 8.91. The predicted octanol–water partition coefficient (Wildman–Crippen LogP) is 8.85. The Bertz CT molecular complexity index is 1930. The molecule has 1 atom stereocenters. The summed E-state index contributed by atoms with van der Waals surface area (Å²) in [5, 5.41) is 8.70. The highest BCUT2D eigenvalue weighted by atomic mass is 35.5. The first-order valence-corrected chi connectivity index (χ1v) is 16.4. The molecule has 1 unspecified atom stereocenters. The van der Waals surface area contributed by atoms with Crippen LogP contribution in [0.4, 0.5) is 11.4 Å². The van der Waals surface area contributed by atoms with E-state index >= 15 is 0 Å². The maximum Gasteiger partial charge on any atom is 0.272 e. The van der Waals surface area contributed by atoms with Crippen molar-refractivity contribution >= 4 is 58.5 Å². The molecule has 0 bridgehead atoms. The van der Waals surface area contributed by atoms with Crippen molar-refractivity contribution in [2.45, 2.75) is 24.0 Å². The molecule has 48 heavy (non-hydrogen) atoms. The van der Waals surface area contributed by atoms with Gasteiger partial charge < -0.3 is 20.7 Å². The van der Waals surface area contributed by atoms with Crippen molar-refractivity contribution in [2.75, 3.05) is 17.7 Å². The minimum absolute atomic E-state index is 0.0907. The number of thioether (sulfide) groups is 1. The molecular formula is C39H34ClN3O4S. The molecule has 3 amide bonds. The molecule has 0 aliphatic heterocycles. The first-order chi connectivity index (χ1) is 23.2. The second kappa shape index (κ2) is 16.0. The van der Waals surface area contributed by atoms with Crippen LogP contribution in [-0.4, -0.2) is 30.1 Å². The molecule has 9 heteroatoms. The van der Waals surface area contributed by atoms with Crippen LogP contribution in [0.2, 0.25) is 5.02 Å². The van der Waals surface area contributed by atoms with Crippen LogP contribution in [0.1, 0.15) is 28.4 Å². The van der Waals surface area contributed by atoms with Crippen LogP contribution in [0.3, 0.4) is 0 Å². The second-order valence-electron chi connectivity index (χ2n) is 10.9. The van der Waals surface area contributed by atoms with E-state index in [1.165, 1.54) is 18.9 Å². The van der Waals surface area contributed by atoms with Gasteiger partial charge in [0.15, 0.2) is 0 Å². The zero-order valence-corrected chi connectivity index (χ0v) is 28.2. The van der Waals surface area contributed by atoms with Crippen LogP contribution < -0.4 is 20.7 Å². The molecule has 0 heterocycles. The lowest BCUT2D eigenvalue weighted by atomic mass is 10.0. The monoisotopic (exact) mass is 675 g/mol. The third-order valence-electron chi connectivity index (χ3n) is 7.39. The van der Waals surface area contributed by atoms with Gasteiger partial charge in [0.25, 0.3) is 11.8 Å². The number of hydrogen-bond donors (Lipinski definition) is 3. The van der Waals surface area contributed by atoms with Crippen LogP contribution in [0.25, 0.3) is 17.2 Å². The Morgan fingerprint density at radius 1 is 0.792 bits per heavy atom. The molecule has 0 saturated carbocycles. The van der Waals surface area contributed by atoms with Gasteiger partial charge in [-0.05, 0) is 84.6 Å². The lowest BCUT2D eigenvalue weighted by Crippen LogP contribution is -2.30. The maximum absolute atomic E-state index is 13.5. The normalized spacial score (nSPS) is 11.7. The molecule has 5 aromatic carbocycles. The van der Waals surface area contributed by atoms with Crippen LogP contribution in [-0.2, 0) is 9.59 Å². The van der Waals surface area contributed by atoms with Gasteiger partial charge in [-0.1, -0.05) is 84.4 Å². The summed E-state index contributed by atoms with van der Waals surface area (Å²) in [6.45, 7) is 3.67. The van der Waals surface area contributed by atoms with E-state index in [0.717, 1.165) is 27.1 Å². The van der Waals surface area contributed by atoms with E-state index in [1.54, 1.807) is 54.6 Å². The Balaban J connectivity index is 1.27. The van der Waals surface area contributed by atoms with Crippen molar-refractivity contribution in [3.8, 4) is 16.9 Å². The molecule has 0 spiro atoms. The van der Waals surface area contributed by atoms with Crippen molar-refractivity contribution in [3.63, 3.8) is 0 Å². The van der Waals surface area contributed by atoms with Gasteiger partial charge in [0.2, 0.25) is 5.91 Å². The number of amides is 3. The van der Waals surface area contributed by atoms with Gasteiger partial charge in [-0.25, -0.2) is 0 Å². The molecule has 3 N–H and O–H groups in total. The average molecular weight is 676 g/mol. The number of methoxy groups -OCH3 is 1. The Labute approximate surface area is 289 Å². The molecule has 5 rings (SSSR count).